The summed E-state index contributed by atoms with van der Waals surface area (Å²) in [5, 5.41) is 0. The van der Waals surface area contributed by atoms with Crippen LogP contribution in [0.5, 0.6) is 11.5 Å². The topological polar surface area (TPSA) is 78.9 Å². The molecule has 1 aromatic rings. The van der Waals surface area contributed by atoms with Crippen molar-refractivity contribution in [3.05, 3.63) is 24.3 Å². The van der Waals surface area contributed by atoms with Crippen molar-refractivity contribution >= 4 is 16.3 Å². The molecule has 11 heteroatoms. The Hall–Kier alpha value is -1.37. The summed E-state index contributed by atoms with van der Waals surface area (Å²) in [6.45, 7) is 0. The molecule has 0 aromatic heterocycles. The maximum absolute atomic E-state index is 11.9. The molecule has 0 heterocycles. The van der Waals surface area contributed by atoms with Crippen molar-refractivity contribution < 1.29 is 60.3 Å². The second kappa shape index (κ2) is 6.87. The molecule has 108 valence electrons. The third kappa shape index (κ3) is 4.95. The van der Waals surface area contributed by atoms with E-state index in [4.69, 9.17) is 4.74 Å². The van der Waals surface area contributed by atoms with Crippen LogP contribution in [-0.2, 0) is 14.3 Å². The van der Waals surface area contributed by atoms with Crippen molar-refractivity contribution in [2.75, 3.05) is 7.11 Å². The number of benzene rings is 1. The van der Waals surface area contributed by atoms with Crippen LogP contribution in [0.25, 0.3) is 0 Å². The molecule has 0 aliphatic rings. The number of hydrogen-bond acceptors (Lipinski definition) is 6. The number of alkyl halides is 3. The largest absolute Gasteiger partial charge is 1.00 e. The molecule has 0 unspecified atom stereocenters. The number of rotatable bonds is 3. The Morgan fingerprint density at radius 3 is 2.00 bits per heavy atom. The fraction of sp³-hybridized carbons (Fsp3) is 0.222. The van der Waals surface area contributed by atoms with Gasteiger partial charge in [-0.25, -0.2) is 4.79 Å². The first-order chi connectivity index (χ1) is 8.65. The van der Waals surface area contributed by atoms with Crippen molar-refractivity contribution in [1.29, 1.82) is 0 Å². The second-order valence-corrected chi connectivity index (χ2v) is 4.55. The number of ether oxygens (including phenoxy) is 2. The van der Waals surface area contributed by atoms with Crippen molar-refractivity contribution in [1.82, 2.24) is 0 Å². The smallest absolute Gasteiger partial charge is 1.00 e. The minimum Gasteiger partial charge on any atom is -1.00 e. The fourth-order valence-electron chi connectivity index (χ4n) is 0.894. The predicted molar refractivity (Wildman–Crippen MR) is 56.2 cm³/mol. The minimum atomic E-state index is -6.03. The van der Waals surface area contributed by atoms with Gasteiger partial charge < -0.3 is 15.1 Å². The van der Waals surface area contributed by atoms with Gasteiger partial charge in [0, 0.05) is 0 Å². The van der Waals surface area contributed by atoms with Crippen LogP contribution in [0.15, 0.2) is 24.3 Å². The number of carbonyl (C=O) groups is 1. The van der Waals surface area contributed by atoms with E-state index in [1.54, 1.807) is 0 Å². The second-order valence-electron chi connectivity index (χ2n) is 3.01. The van der Waals surface area contributed by atoms with Gasteiger partial charge in [-0.1, -0.05) is 0 Å². The molecule has 0 saturated heterocycles. The van der Waals surface area contributed by atoms with E-state index >= 15 is 0 Å². The first-order valence-electron chi connectivity index (χ1n) is 4.52. The minimum absolute atomic E-state index is 0. The van der Waals surface area contributed by atoms with Gasteiger partial charge in [-0.05, 0) is 24.3 Å². The SMILES string of the molecule is COc1ccc(OC(=O)OS(=O)(=O)C(F)(F)F)cc1.[H-].[Li+]. The van der Waals surface area contributed by atoms with Crippen LogP contribution in [0.2, 0.25) is 0 Å². The Labute approximate surface area is 125 Å². The molecule has 0 atom stereocenters. The zero-order valence-electron chi connectivity index (χ0n) is 11.3. The summed E-state index contributed by atoms with van der Waals surface area (Å²) >= 11 is 0. The van der Waals surface area contributed by atoms with Gasteiger partial charge in [0.05, 0.1) is 7.11 Å². The molecule has 0 aliphatic heterocycles. The molecule has 0 fully saturated rings. The zero-order chi connectivity index (χ0) is 14.7. The van der Waals surface area contributed by atoms with Gasteiger partial charge in [-0.15, -0.1) is 0 Å². The van der Waals surface area contributed by atoms with Gasteiger partial charge in [0.1, 0.15) is 11.5 Å². The maximum Gasteiger partial charge on any atom is 1.00 e. The van der Waals surface area contributed by atoms with E-state index in [-0.39, 0.29) is 26.0 Å². The Morgan fingerprint density at radius 1 is 1.15 bits per heavy atom. The molecule has 1 aromatic carbocycles. The van der Waals surface area contributed by atoms with Crippen LogP contribution in [0.1, 0.15) is 1.43 Å². The van der Waals surface area contributed by atoms with Crippen LogP contribution in [0.4, 0.5) is 18.0 Å². The molecule has 1 rings (SSSR count). The molecule has 20 heavy (non-hydrogen) atoms. The molecule has 0 N–H and O–H groups in total. The Kier molecular flexibility index (Phi) is 6.40. The first kappa shape index (κ1) is 18.6. The number of hydrogen-bond donors (Lipinski definition) is 0. The molecule has 0 bridgehead atoms. The Balaban J connectivity index is 0. The third-order valence-corrected chi connectivity index (χ3v) is 2.64. The average molecular weight is 308 g/mol. The van der Waals surface area contributed by atoms with Crippen LogP contribution in [-0.4, -0.2) is 27.2 Å². The molecule has 0 amide bonds. The molecule has 0 aliphatic carbocycles. The van der Waals surface area contributed by atoms with E-state index < -0.39 is 21.8 Å². The van der Waals surface area contributed by atoms with E-state index in [1.807, 2.05) is 0 Å². The summed E-state index contributed by atoms with van der Waals surface area (Å²) in [4.78, 5) is 10.9. The van der Waals surface area contributed by atoms with Gasteiger partial charge in [0.15, 0.2) is 0 Å². The van der Waals surface area contributed by atoms with Gasteiger partial charge in [-0.3, -0.25) is 0 Å². The molecule has 0 saturated carbocycles. The monoisotopic (exact) mass is 308 g/mol. The summed E-state index contributed by atoms with van der Waals surface area (Å²) in [6, 6.07) is 5.06. The predicted octanol–water partition coefficient (Wildman–Crippen LogP) is -0.823. The van der Waals surface area contributed by atoms with Crippen molar-refractivity contribution in [2.45, 2.75) is 5.51 Å². The summed E-state index contributed by atoms with van der Waals surface area (Å²) in [7, 11) is -4.65. The maximum atomic E-state index is 11.9. The molecule has 0 radical (unpaired) electrons. The number of carbonyl (C=O) groups excluding carboxylic acids is 1. The van der Waals surface area contributed by atoms with Gasteiger partial charge in [-0.2, -0.15) is 21.6 Å². The Bertz CT molecular complexity index is 560. The van der Waals surface area contributed by atoms with Crippen molar-refractivity contribution in [3.8, 4) is 11.5 Å². The average Bonchev–Trinajstić information content (AvgIpc) is 2.27. The first-order valence-corrected chi connectivity index (χ1v) is 5.93. The quantitative estimate of drug-likeness (QED) is 0.239. The summed E-state index contributed by atoms with van der Waals surface area (Å²) in [6.07, 6.45) is -2.01. The normalized spacial score (nSPS) is 11.2. The number of methoxy groups -OCH3 is 1. The van der Waals surface area contributed by atoms with E-state index in [2.05, 4.69) is 8.92 Å². The fourth-order valence-corrected chi connectivity index (χ4v) is 1.20. The molecule has 6 nitrogen and oxygen atoms in total. The summed E-state index contributed by atoms with van der Waals surface area (Å²) < 4.78 is 68.9. The van der Waals surface area contributed by atoms with Crippen LogP contribution in [0.3, 0.4) is 0 Å². The third-order valence-electron chi connectivity index (χ3n) is 1.72. The summed E-state index contributed by atoms with van der Waals surface area (Å²) in [5.74, 6) is 0.201. The van der Waals surface area contributed by atoms with Crippen LogP contribution >= 0.6 is 0 Å². The van der Waals surface area contributed by atoms with Crippen LogP contribution in [0, 0.1) is 0 Å². The molecular weight excluding hydrogens is 300 g/mol. The van der Waals surface area contributed by atoms with Gasteiger partial charge in [0.2, 0.25) is 0 Å². The standard InChI is InChI=1S/C9H7F3O6S.Li.H/c1-16-6-2-4-7(5-3-6)17-8(13)18-19(14,15)9(10,11)12;;/h2-5H,1H3;;/q;+1;-1. The summed E-state index contributed by atoms with van der Waals surface area (Å²) in [5.41, 5.74) is -5.70. The van der Waals surface area contributed by atoms with E-state index in [0.717, 1.165) is 0 Å². The van der Waals surface area contributed by atoms with Gasteiger partial charge in [0.25, 0.3) is 0 Å². The van der Waals surface area contributed by atoms with Crippen LogP contribution < -0.4 is 28.3 Å². The van der Waals surface area contributed by atoms with Gasteiger partial charge >= 0.3 is 40.6 Å². The van der Waals surface area contributed by atoms with Crippen molar-refractivity contribution in [2.24, 2.45) is 0 Å². The zero-order valence-corrected chi connectivity index (χ0v) is 11.1. The number of halogens is 3. The van der Waals surface area contributed by atoms with E-state index in [1.165, 1.54) is 31.4 Å². The Morgan fingerprint density at radius 2 is 1.60 bits per heavy atom. The molecular formula is C9H8F3LiO6S. The van der Waals surface area contributed by atoms with Crippen molar-refractivity contribution in [3.63, 3.8) is 0 Å². The van der Waals surface area contributed by atoms with E-state index in [9.17, 15) is 26.4 Å². The molecule has 0 spiro atoms. The van der Waals surface area contributed by atoms with E-state index in [0.29, 0.717) is 5.75 Å².